The van der Waals surface area contributed by atoms with E-state index in [1.807, 2.05) is 24.3 Å². The van der Waals surface area contributed by atoms with Crippen molar-refractivity contribution in [1.29, 1.82) is 0 Å². The van der Waals surface area contributed by atoms with E-state index in [2.05, 4.69) is 38.9 Å². The lowest BCUT2D eigenvalue weighted by atomic mass is 10.1. The summed E-state index contributed by atoms with van der Waals surface area (Å²) in [5.41, 5.74) is 5.14. The van der Waals surface area contributed by atoms with Gasteiger partial charge in [-0.1, -0.05) is 6.58 Å². The molecule has 0 fully saturated rings. The van der Waals surface area contributed by atoms with Crippen LogP contribution in [0.25, 0.3) is 0 Å². The van der Waals surface area contributed by atoms with E-state index in [1.165, 1.54) is 5.56 Å². The zero-order chi connectivity index (χ0) is 15.1. The van der Waals surface area contributed by atoms with Gasteiger partial charge in [0, 0.05) is 28.5 Å². The fourth-order valence-electron chi connectivity index (χ4n) is 2.62. The van der Waals surface area contributed by atoms with Gasteiger partial charge in [0.2, 0.25) is 6.79 Å². The van der Waals surface area contributed by atoms with Crippen LogP contribution < -0.4 is 14.8 Å². The predicted octanol–water partition coefficient (Wildman–Crippen LogP) is 4.41. The topological polar surface area (TPSA) is 42.9 Å². The van der Waals surface area contributed by atoms with E-state index in [9.17, 15) is 0 Å². The fourth-order valence-corrected chi connectivity index (χ4v) is 3.04. The minimum Gasteiger partial charge on any atom is -0.454 e. The first-order valence-corrected chi connectivity index (χ1v) is 7.70. The summed E-state index contributed by atoms with van der Waals surface area (Å²) in [5, 5.41) is 3.25. The lowest BCUT2D eigenvalue weighted by Crippen LogP contribution is -1.94. The number of nitrogens with one attached hydrogen (secondary N) is 1. The number of nitrogens with zero attached hydrogens (tertiary/aromatic N) is 1. The van der Waals surface area contributed by atoms with E-state index in [4.69, 9.17) is 9.47 Å². The summed E-state index contributed by atoms with van der Waals surface area (Å²) in [6.07, 6.45) is 2.65. The van der Waals surface area contributed by atoms with E-state index in [1.54, 1.807) is 6.21 Å². The lowest BCUT2D eigenvalue weighted by molar-refractivity contribution is 0.174. The van der Waals surface area contributed by atoms with Crippen LogP contribution in [-0.2, 0) is 6.42 Å². The Balaban J connectivity index is 1.67. The van der Waals surface area contributed by atoms with Crippen molar-refractivity contribution in [2.75, 3.05) is 12.1 Å². The average molecular weight is 357 g/mol. The maximum atomic E-state index is 5.52. The number of hydrogen-bond acceptors (Lipinski definition) is 4. The summed E-state index contributed by atoms with van der Waals surface area (Å²) in [6.45, 7) is 4.21. The number of benzene rings is 2. The van der Waals surface area contributed by atoms with Crippen molar-refractivity contribution in [3.63, 3.8) is 0 Å². The molecule has 22 heavy (non-hydrogen) atoms. The summed E-state index contributed by atoms with van der Waals surface area (Å²) in [5.74, 6) is 1.48. The highest BCUT2D eigenvalue weighted by Crippen LogP contribution is 2.39. The van der Waals surface area contributed by atoms with E-state index >= 15 is 0 Å². The molecule has 2 heterocycles. The van der Waals surface area contributed by atoms with Crippen molar-refractivity contribution in [2.45, 2.75) is 6.42 Å². The van der Waals surface area contributed by atoms with E-state index < -0.39 is 0 Å². The maximum Gasteiger partial charge on any atom is 0.231 e. The fraction of sp³-hybridized carbons (Fsp3) is 0.118. The average Bonchev–Trinajstić information content (AvgIpc) is 3.10. The molecule has 0 atom stereocenters. The minimum atomic E-state index is 0.249. The van der Waals surface area contributed by atoms with Crippen molar-refractivity contribution in [3.05, 3.63) is 58.2 Å². The predicted molar refractivity (Wildman–Crippen MR) is 90.4 cm³/mol. The summed E-state index contributed by atoms with van der Waals surface area (Å²) < 4.78 is 11.8. The summed E-state index contributed by atoms with van der Waals surface area (Å²) >= 11 is 3.53. The molecule has 0 saturated heterocycles. The van der Waals surface area contributed by atoms with Crippen LogP contribution in [0.5, 0.6) is 11.5 Å². The number of rotatable bonds is 2. The number of aliphatic imine (C=N–C) groups is 1. The molecule has 4 nitrogen and oxygen atoms in total. The molecular formula is C17H13BrN2O2. The highest BCUT2D eigenvalue weighted by Gasteiger charge is 2.19. The molecule has 5 heteroatoms. The lowest BCUT2D eigenvalue weighted by Gasteiger charge is -2.04. The van der Waals surface area contributed by atoms with Crippen LogP contribution in [0.4, 0.5) is 11.4 Å². The van der Waals surface area contributed by atoms with Crippen LogP contribution in [0, 0.1) is 0 Å². The molecule has 0 aromatic heterocycles. The van der Waals surface area contributed by atoms with Gasteiger partial charge in [0.1, 0.15) is 0 Å². The first-order chi connectivity index (χ1) is 10.7. The van der Waals surface area contributed by atoms with E-state index in [0.717, 1.165) is 45.0 Å². The number of fused-ring (bicyclic) bond motifs is 2. The van der Waals surface area contributed by atoms with Gasteiger partial charge in [-0.25, -0.2) is 0 Å². The van der Waals surface area contributed by atoms with Crippen LogP contribution in [0.2, 0.25) is 0 Å². The molecule has 4 rings (SSSR count). The first-order valence-electron chi connectivity index (χ1n) is 6.90. The molecule has 0 saturated carbocycles. The van der Waals surface area contributed by atoms with Crippen molar-refractivity contribution in [2.24, 2.45) is 4.99 Å². The zero-order valence-corrected chi connectivity index (χ0v) is 13.3. The molecule has 2 aliphatic heterocycles. The smallest absolute Gasteiger partial charge is 0.231 e. The summed E-state index contributed by atoms with van der Waals surface area (Å²) in [6, 6.07) is 9.91. The van der Waals surface area contributed by atoms with Crippen LogP contribution in [0.1, 0.15) is 11.1 Å². The molecular weight excluding hydrogens is 344 g/mol. The van der Waals surface area contributed by atoms with Crippen LogP contribution >= 0.6 is 15.9 Å². The first kappa shape index (κ1) is 13.4. The maximum absolute atomic E-state index is 5.52. The van der Waals surface area contributed by atoms with Gasteiger partial charge < -0.3 is 14.8 Å². The third kappa shape index (κ3) is 2.27. The molecule has 2 aliphatic rings. The van der Waals surface area contributed by atoms with Gasteiger partial charge in [0.05, 0.1) is 11.3 Å². The summed E-state index contributed by atoms with van der Waals surface area (Å²) in [4.78, 5) is 4.57. The second-order valence-corrected chi connectivity index (χ2v) is 6.05. The van der Waals surface area contributed by atoms with Gasteiger partial charge in [0.15, 0.2) is 11.5 Å². The third-order valence-corrected chi connectivity index (χ3v) is 4.36. The van der Waals surface area contributed by atoms with Crippen molar-refractivity contribution in [1.82, 2.24) is 0 Å². The second kappa shape index (κ2) is 5.18. The van der Waals surface area contributed by atoms with Gasteiger partial charge in [-0.2, -0.15) is 0 Å². The van der Waals surface area contributed by atoms with Crippen LogP contribution in [0.3, 0.4) is 0 Å². The highest BCUT2D eigenvalue weighted by atomic mass is 79.9. The van der Waals surface area contributed by atoms with Gasteiger partial charge >= 0.3 is 0 Å². The van der Waals surface area contributed by atoms with Gasteiger partial charge in [-0.05, 0) is 51.8 Å². The molecule has 0 radical (unpaired) electrons. The van der Waals surface area contributed by atoms with Crippen LogP contribution in [0.15, 0.2) is 52.1 Å². The standard InChI is InChI=1S/C17H13BrN2O2/c1-10-6-11-7-12(2-4-15(11)20-10)19-8-13-14(18)3-5-16-17(13)22-9-21-16/h2-5,7-8,20H,1,6,9H2. The summed E-state index contributed by atoms with van der Waals surface area (Å²) in [7, 11) is 0. The van der Waals surface area contributed by atoms with E-state index in [-0.39, 0.29) is 6.79 Å². The molecule has 0 unspecified atom stereocenters. The normalized spacial score (nSPS) is 15.2. The van der Waals surface area contributed by atoms with E-state index in [0.29, 0.717) is 0 Å². The SMILES string of the molecule is C=C1Cc2cc(N=Cc3c(Br)ccc4c3OCO4)ccc2N1. The Bertz CT molecular complexity index is 815. The van der Waals surface area contributed by atoms with Crippen molar-refractivity contribution >= 4 is 33.5 Å². The molecule has 2 aromatic carbocycles. The Morgan fingerprint density at radius 1 is 1.23 bits per heavy atom. The Hall–Kier alpha value is -2.27. The second-order valence-electron chi connectivity index (χ2n) is 5.20. The molecule has 0 aliphatic carbocycles. The monoisotopic (exact) mass is 356 g/mol. The Morgan fingerprint density at radius 2 is 2.14 bits per heavy atom. The minimum absolute atomic E-state index is 0.249. The van der Waals surface area contributed by atoms with Gasteiger partial charge in [-0.3, -0.25) is 4.99 Å². The number of hydrogen-bond donors (Lipinski definition) is 1. The molecule has 0 bridgehead atoms. The molecule has 110 valence electrons. The van der Waals surface area contributed by atoms with Crippen LogP contribution in [-0.4, -0.2) is 13.0 Å². The van der Waals surface area contributed by atoms with Crippen molar-refractivity contribution < 1.29 is 9.47 Å². The third-order valence-electron chi connectivity index (χ3n) is 3.67. The van der Waals surface area contributed by atoms with Gasteiger partial charge in [-0.15, -0.1) is 0 Å². The molecule has 0 amide bonds. The number of halogens is 1. The Morgan fingerprint density at radius 3 is 3.05 bits per heavy atom. The highest BCUT2D eigenvalue weighted by molar-refractivity contribution is 9.10. The number of anilines is 1. The zero-order valence-electron chi connectivity index (χ0n) is 11.7. The quantitative estimate of drug-likeness (QED) is 0.810. The largest absolute Gasteiger partial charge is 0.454 e. The van der Waals surface area contributed by atoms with Gasteiger partial charge in [0.25, 0.3) is 0 Å². The molecule has 0 spiro atoms. The molecule has 2 aromatic rings. The number of ether oxygens (including phenoxy) is 2. The Labute approximate surface area is 136 Å². The van der Waals surface area contributed by atoms with Crippen molar-refractivity contribution in [3.8, 4) is 11.5 Å². The number of allylic oxidation sites excluding steroid dienone is 1. The Kier molecular flexibility index (Phi) is 3.15. The molecule has 1 N–H and O–H groups in total.